The lowest BCUT2D eigenvalue weighted by Crippen LogP contribution is -2.47. The number of carbonyl (C=O) groups excluding carboxylic acids is 1. The number of amides is 1. The fourth-order valence-corrected chi connectivity index (χ4v) is 3.17. The maximum Gasteiger partial charge on any atom is 0.224 e. The van der Waals surface area contributed by atoms with Crippen LogP contribution in [0.15, 0.2) is 24.3 Å². The van der Waals surface area contributed by atoms with Crippen molar-refractivity contribution in [1.29, 1.82) is 0 Å². The summed E-state index contributed by atoms with van der Waals surface area (Å²) in [5, 5.41) is 6.42. The van der Waals surface area contributed by atoms with E-state index in [9.17, 15) is 4.79 Å². The van der Waals surface area contributed by atoms with Crippen molar-refractivity contribution < 1.29 is 4.79 Å². The number of benzene rings is 1. The van der Waals surface area contributed by atoms with Crippen molar-refractivity contribution in [1.82, 2.24) is 10.6 Å². The molecule has 1 unspecified atom stereocenters. The molecule has 1 saturated carbocycles. The van der Waals surface area contributed by atoms with Gasteiger partial charge in [-0.2, -0.15) is 0 Å². The van der Waals surface area contributed by atoms with Crippen LogP contribution in [0.4, 0.5) is 0 Å². The van der Waals surface area contributed by atoms with Crippen molar-refractivity contribution in [2.45, 2.75) is 45.1 Å². The van der Waals surface area contributed by atoms with Crippen LogP contribution < -0.4 is 10.6 Å². The number of carbonyl (C=O) groups is 1. The molecule has 20 heavy (non-hydrogen) atoms. The molecule has 0 aliphatic heterocycles. The van der Waals surface area contributed by atoms with E-state index in [1.807, 2.05) is 14.0 Å². The average molecular weight is 274 g/mol. The van der Waals surface area contributed by atoms with Gasteiger partial charge in [0.2, 0.25) is 5.91 Å². The van der Waals surface area contributed by atoms with E-state index < -0.39 is 0 Å². The topological polar surface area (TPSA) is 41.1 Å². The van der Waals surface area contributed by atoms with Crippen LogP contribution in [0.25, 0.3) is 0 Å². The number of rotatable bonds is 5. The van der Waals surface area contributed by atoms with Crippen molar-refractivity contribution in [3.63, 3.8) is 0 Å². The summed E-state index contributed by atoms with van der Waals surface area (Å²) in [6.07, 6.45) is 4.48. The predicted molar refractivity (Wildman–Crippen MR) is 82.6 cm³/mol. The third kappa shape index (κ3) is 3.21. The summed E-state index contributed by atoms with van der Waals surface area (Å²) in [7, 11) is 1.88. The van der Waals surface area contributed by atoms with Crippen LogP contribution in [0.3, 0.4) is 0 Å². The summed E-state index contributed by atoms with van der Waals surface area (Å²) < 4.78 is 0. The second-order valence-corrected chi connectivity index (χ2v) is 6.11. The van der Waals surface area contributed by atoms with Gasteiger partial charge >= 0.3 is 0 Å². The Balaban J connectivity index is 2.20. The minimum Gasteiger partial charge on any atom is -0.346 e. The largest absolute Gasteiger partial charge is 0.346 e. The minimum atomic E-state index is -0.148. The molecule has 0 heterocycles. The quantitative estimate of drug-likeness (QED) is 0.867. The lowest BCUT2D eigenvalue weighted by molar-refractivity contribution is -0.126. The molecular formula is C17H26N2O. The van der Waals surface area contributed by atoms with Gasteiger partial charge in [0.05, 0.1) is 5.54 Å². The summed E-state index contributed by atoms with van der Waals surface area (Å²) in [6.45, 7) is 4.80. The molecule has 0 aromatic heterocycles. The molecule has 110 valence electrons. The average Bonchev–Trinajstić information content (AvgIpc) is 2.89. The molecule has 0 spiro atoms. The van der Waals surface area contributed by atoms with Crippen molar-refractivity contribution in [2.24, 2.45) is 5.92 Å². The van der Waals surface area contributed by atoms with Gasteiger partial charge in [0, 0.05) is 12.5 Å². The maximum atomic E-state index is 12.4. The van der Waals surface area contributed by atoms with Gasteiger partial charge in [-0.15, -0.1) is 0 Å². The van der Waals surface area contributed by atoms with Gasteiger partial charge in [-0.25, -0.2) is 0 Å². The van der Waals surface area contributed by atoms with Gasteiger partial charge in [0.1, 0.15) is 0 Å². The number of hydrogen-bond donors (Lipinski definition) is 2. The van der Waals surface area contributed by atoms with Crippen molar-refractivity contribution in [2.75, 3.05) is 13.6 Å². The lowest BCUT2D eigenvalue weighted by Gasteiger charge is -2.32. The van der Waals surface area contributed by atoms with E-state index in [2.05, 4.69) is 41.8 Å². The molecular weight excluding hydrogens is 248 g/mol. The molecule has 0 bridgehead atoms. The molecule has 1 aromatic rings. The maximum absolute atomic E-state index is 12.4. The highest BCUT2D eigenvalue weighted by Gasteiger charge is 2.37. The molecule has 1 fully saturated rings. The Morgan fingerprint density at radius 2 is 2.05 bits per heavy atom. The molecule has 1 atom stereocenters. The molecule has 0 radical (unpaired) electrons. The van der Waals surface area contributed by atoms with Crippen molar-refractivity contribution in [3.05, 3.63) is 35.4 Å². The first-order chi connectivity index (χ1) is 9.57. The van der Waals surface area contributed by atoms with Crippen LogP contribution >= 0.6 is 0 Å². The zero-order valence-corrected chi connectivity index (χ0v) is 12.8. The summed E-state index contributed by atoms with van der Waals surface area (Å²) in [4.78, 5) is 12.4. The Morgan fingerprint density at radius 1 is 1.35 bits per heavy atom. The molecule has 1 aliphatic carbocycles. The molecule has 1 aromatic carbocycles. The molecule has 1 aliphatic rings. The van der Waals surface area contributed by atoms with E-state index in [-0.39, 0.29) is 17.4 Å². The summed E-state index contributed by atoms with van der Waals surface area (Å²) in [6, 6.07) is 8.57. The zero-order chi connectivity index (χ0) is 14.6. The van der Waals surface area contributed by atoms with E-state index >= 15 is 0 Å². The van der Waals surface area contributed by atoms with Crippen LogP contribution in [0, 0.1) is 12.8 Å². The first kappa shape index (κ1) is 15.0. The second kappa shape index (κ2) is 6.40. The first-order valence-electron chi connectivity index (χ1n) is 7.61. The highest BCUT2D eigenvalue weighted by Crippen LogP contribution is 2.39. The minimum absolute atomic E-state index is 0.00211. The van der Waals surface area contributed by atoms with Crippen molar-refractivity contribution >= 4 is 5.91 Å². The summed E-state index contributed by atoms with van der Waals surface area (Å²) in [5.41, 5.74) is 2.37. The second-order valence-electron chi connectivity index (χ2n) is 6.11. The van der Waals surface area contributed by atoms with Crippen LogP contribution in [-0.2, 0) is 10.3 Å². The number of nitrogens with one attached hydrogen (secondary N) is 2. The SMILES string of the molecule is CNCC(C)C(=O)NC1(c2cccc(C)c2)CCCC1. The van der Waals surface area contributed by atoms with Gasteiger partial charge in [0.25, 0.3) is 0 Å². The molecule has 1 amide bonds. The van der Waals surface area contributed by atoms with E-state index in [4.69, 9.17) is 0 Å². The number of hydrogen-bond acceptors (Lipinski definition) is 2. The van der Waals surface area contributed by atoms with Gasteiger partial charge in [-0.05, 0) is 32.4 Å². The highest BCUT2D eigenvalue weighted by atomic mass is 16.2. The number of aryl methyl sites for hydroxylation is 1. The van der Waals surface area contributed by atoms with Crippen LogP contribution in [0.1, 0.15) is 43.7 Å². The van der Waals surface area contributed by atoms with Gasteiger partial charge in [-0.1, -0.05) is 49.6 Å². The molecule has 0 saturated heterocycles. The monoisotopic (exact) mass is 274 g/mol. The fourth-order valence-electron chi connectivity index (χ4n) is 3.17. The van der Waals surface area contributed by atoms with Gasteiger partial charge in [-0.3, -0.25) is 4.79 Å². The lowest BCUT2D eigenvalue weighted by atomic mass is 9.86. The normalized spacial score (nSPS) is 18.8. The third-order valence-electron chi connectivity index (χ3n) is 4.35. The Kier molecular flexibility index (Phi) is 4.81. The standard InChI is InChI=1S/C17H26N2O/c1-13-7-6-8-15(11-13)17(9-4-5-10-17)19-16(20)14(2)12-18-3/h6-8,11,14,18H,4-5,9-10,12H2,1-3H3,(H,19,20). The Labute approximate surface area is 122 Å². The van der Waals surface area contributed by atoms with E-state index in [0.717, 1.165) is 19.4 Å². The van der Waals surface area contributed by atoms with Gasteiger partial charge < -0.3 is 10.6 Å². The van der Waals surface area contributed by atoms with Crippen LogP contribution in [0.5, 0.6) is 0 Å². The predicted octanol–water partition coefficient (Wildman–Crippen LogP) is 2.74. The van der Waals surface area contributed by atoms with Gasteiger partial charge in [0.15, 0.2) is 0 Å². The molecule has 3 heteroatoms. The van der Waals surface area contributed by atoms with E-state index in [1.165, 1.54) is 24.0 Å². The fraction of sp³-hybridized carbons (Fsp3) is 0.588. The summed E-state index contributed by atoms with van der Waals surface area (Å²) in [5.74, 6) is 0.157. The molecule has 3 nitrogen and oxygen atoms in total. The molecule has 2 rings (SSSR count). The summed E-state index contributed by atoms with van der Waals surface area (Å²) >= 11 is 0. The molecule has 2 N–H and O–H groups in total. The highest BCUT2D eigenvalue weighted by molar-refractivity contribution is 5.79. The van der Waals surface area contributed by atoms with Crippen LogP contribution in [0.2, 0.25) is 0 Å². The van der Waals surface area contributed by atoms with Crippen molar-refractivity contribution in [3.8, 4) is 0 Å². The van der Waals surface area contributed by atoms with Crippen LogP contribution in [-0.4, -0.2) is 19.5 Å². The third-order valence-corrected chi connectivity index (χ3v) is 4.35. The Bertz CT molecular complexity index is 464. The zero-order valence-electron chi connectivity index (χ0n) is 12.8. The van der Waals surface area contributed by atoms with E-state index in [0.29, 0.717) is 0 Å². The Hall–Kier alpha value is -1.35. The Morgan fingerprint density at radius 3 is 2.65 bits per heavy atom. The smallest absolute Gasteiger partial charge is 0.224 e. The first-order valence-corrected chi connectivity index (χ1v) is 7.61. The van der Waals surface area contributed by atoms with E-state index in [1.54, 1.807) is 0 Å².